The van der Waals surface area contributed by atoms with E-state index >= 15 is 0 Å². The van der Waals surface area contributed by atoms with Gasteiger partial charge in [-0.05, 0) is 61.7 Å². The summed E-state index contributed by atoms with van der Waals surface area (Å²) >= 11 is 12.7. The number of methoxy groups -OCH3 is 1. The molecule has 4 rings (SSSR count). The lowest BCUT2D eigenvalue weighted by Crippen LogP contribution is -2.53. The number of amides is 2. The Kier molecular flexibility index (Phi) is 10.8. The third-order valence-corrected chi connectivity index (χ3v) is 10.00. The van der Waals surface area contributed by atoms with Crippen molar-refractivity contribution in [2.45, 2.75) is 62.6 Å². The molecular weight excluding hydrogens is 597 g/mol. The van der Waals surface area contributed by atoms with Crippen LogP contribution in [0.1, 0.15) is 44.6 Å². The summed E-state index contributed by atoms with van der Waals surface area (Å²) in [6.07, 6.45) is 4.99. The maximum atomic E-state index is 14.1. The van der Waals surface area contributed by atoms with E-state index in [1.54, 1.807) is 56.5 Å². The minimum absolute atomic E-state index is 0.00564. The molecule has 8 nitrogen and oxygen atoms in total. The fraction of sp³-hybridized carbons (Fsp3) is 0.355. The first-order valence-electron chi connectivity index (χ1n) is 13.9. The van der Waals surface area contributed by atoms with Gasteiger partial charge in [-0.1, -0.05) is 78.9 Å². The van der Waals surface area contributed by atoms with Gasteiger partial charge in [0, 0.05) is 12.6 Å². The van der Waals surface area contributed by atoms with Crippen LogP contribution >= 0.6 is 23.2 Å². The van der Waals surface area contributed by atoms with Gasteiger partial charge < -0.3 is 15.0 Å². The van der Waals surface area contributed by atoms with Gasteiger partial charge >= 0.3 is 0 Å². The fourth-order valence-corrected chi connectivity index (χ4v) is 6.93. The van der Waals surface area contributed by atoms with E-state index in [1.807, 2.05) is 6.07 Å². The fourth-order valence-electron chi connectivity index (χ4n) is 5.04. The molecule has 0 radical (unpaired) electrons. The summed E-state index contributed by atoms with van der Waals surface area (Å²) < 4.78 is 34.1. The monoisotopic (exact) mass is 631 g/mol. The molecule has 11 heteroatoms. The first kappa shape index (κ1) is 31.7. The van der Waals surface area contributed by atoms with Crippen LogP contribution in [0.25, 0.3) is 0 Å². The standard InChI is InChI=1S/C31H35Cl2N3O5S/c1-22(31(38)34-24-12-5-3-6-13-24)35(20-23-11-9-14-25(19-23)41-2)29(37)21-36(28-18-10-17-27(32)30(28)33)42(39,40)26-15-7-4-8-16-26/h4,7-11,14-19,22,24H,3,5-6,12-13,20-21H2,1-2H3,(H,34,38)/t22-/m0/s1. The van der Waals surface area contributed by atoms with Crippen LogP contribution in [0.5, 0.6) is 5.75 Å². The highest BCUT2D eigenvalue weighted by Crippen LogP contribution is 2.35. The van der Waals surface area contributed by atoms with E-state index in [0.29, 0.717) is 5.75 Å². The number of anilines is 1. The Morgan fingerprint density at radius 1 is 0.976 bits per heavy atom. The topological polar surface area (TPSA) is 96.0 Å². The zero-order valence-corrected chi connectivity index (χ0v) is 26.0. The Morgan fingerprint density at radius 3 is 2.36 bits per heavy atom. The maximum Gasteiger partial charge on any atom is 0.264 e. The average Bonchev–Trinajstić information content (AvgIpc) is 3.00. The van der Waals surface area contributed by atoms with Crippen molar-refractivity contribution < 1.29 is 22.7 Å². The lowest BCUT2D eigenvalue weighted by Gasteiger charge is -2.33. The molecule has 1 N–H and O–H groups in total. The third kappa shape index (κ3) is 7.56. The molecule has 1 aliphatic carbocycles. The molecule has 1 aliphatic rings. The van der Waals surface area contributed by atoms with Crippen LogP contribution in [0.15, 0.2) is 77.7 Å². The number of carbonyl (C=O) groups excluding carboxylic acids is 2. The molecule has 1 atom stereocenters. The van der Waals surface area contributed by atoms with Crippen molar-refractivity contribution >= 4 is 50.7 Å². The minimum atomic E-state index is -4.25. The predicted octanol–water partition coefficient (Wildman–Crippen LogP) is 6.06. The second-order valence-corrected chi connectivity index (χ2v) is 12.9. The number of hydrogen-bond donors (Lipinski definition) is 1. The molecule has 2 amide bonds. The predicted molar refractivity (Wildman–Crippen MR) is 165 cm³/mol. The first-order chi connectivity index (χ1) is 20.1. The molecule has 0 spiro atoms. The molecule has 3 aromatic carbocycles. The molecule has 0 heterocycles. The number of sulfonamides is 1. The zero-order valence-electron chi connectivity index (χ0n) is 23.6. The minimum Gasteiger partial charge on any atom is -0.497 e. The van der Waals surface area contributed by atoms with Crippen LogP contribution in [0.4, 0.5) is 5.69 Å². The van der Waals surface area contributed by atoms with Crippen LogP contribution in [0.3, 0.4) is 0 Å². The van der Waals surface area contributed by atoms with Crippen molar-refractivity contribution in [3.05, 3.63) is 88.4 Å². The number of hydrogen-bond acceptors (Lipinski definition) is 5. The Balaban J connectivity index is 1.71. The highest BCUT2D eigenvalue weighted by molar-refractivity contribution is 7.92. The van der Waals surface area contributed by atoms with E-state index in [1.165, 1.54) is 29.2 Å². The number of ether oxygens (including phenoxy) is 1. The van der Waals surface area contributed by atoms with Crippen molar-refractivity contribution in [2.24, 2.45) is 0 Å². The molecule has 42 heavy (non-hydrogen) atoms. The smallest absolute Gasteiger partial charge is 0.264 e. The van der Waals surface area contributed by atoms with E-state index in [9.17, 15) is 18.0 Å². The zero-order chi connectivity index (χ0) is 30.3. The molecule has 0 aliphatic heterocycles. The summed E-state index contributed by atoms with van der Waals surface area (Å²) in [5, 5.41) is 3.23. The van der Waals surface area contributed by atoms with E-state index < -0.39 is 28.5 Å². The largest absolute Gasteiger partial charge is 0.497 e. The summed E-state index contributed by atoms with van der Waals surface area (Å²) in [6.45, 7) is 1.10. The number of halogens is 2. The number of rotatable bonds is 11. The van der Waals surface area contributed by atoms with Crippen molar-refractivity contribution in [1.29, 1.82) is 0 Å². The molecule has 0 aromatic heterocycles. The number of nitrogens with zero attached hydrogens (tertiary/aromatic N) is 2. The van der Waals surface area contributed by atoms with Gasteiger partial charge in [-0.15, -0.1) is 0 Å². The quantitative estimate of drug-likeness (QED) is 0.277. The van der Waals surface area contributed by atoms with Gasteiger partial charge in [0.1, 0.15) is 18.3 Å². The third-order valence-electron chi connectivity index (χ3n) is 7.42. The molecule has 224 valence electrons. The Bertz CT molecular complexity index is 1500. The van der Waals surface area contributed by atoms with Crippen LogP contribution < -0.4 is 14.4 Å². The van der Waals surface area contributed by atoms with E-state index in [-0.39, 0.29) is 39.1 Å². The lowest BCUT2D eigenvalue weighted by molar-refractivity contribution is -0.139. The molecule has 0 unspecified atom stereocenters. The van der Waals surface area contributed by atoms with Crippen molar-refractivity contribution in [1.82, 2.24) is 10.2 Å². The van der Waals surface area contributed by atoms with Crippen LogP contribution in [0.2, 0.25) is 10.0 Å². The van der Waals surface area contributed by atoms with E-state index in [0.717, 1.165) is 42.0 Å². The van der Waals surface area contributed by atoms with Crippen LogP contribution in [-0.2, 0) is 26.2 Å². The van der Waals surface area contributed by atoms with Crippen LogP contribution in [0, 0.1) is 0 Å². The number of carbonyl (C=O) groups is 2. The second-order valence-electron chi connectivity index (χ2n) is 10.3. The first-order valence-corrected chi connectivity index (χ1v) is 16.1. The lowest BCUT2D eigenvalue weighted by atomic mass is 9.95. The highest BCUT2D eigenvalue weighted by atomic mass is 35.5. The molecule has 1 fully saturated rings. The molecular formula is C31H35Cl2N3O5S. The molecule has 3 aromatic rings. The summed E-state index contributed by atoms with van der Waals surface area (Å²) in [5.74, 6) is -0.283. The maximum absolute atomic E-state index is 14.1. The van der Waals surface area contributed by atoms with Gasteiger partial charge in [0.2, 0.25) is 11.8 Å². The average molecular weight is 633 g/mol. The van der Waals surface area contributed by atoms with Crippen molar-refractivity contribution in [3.63, 3.8) is 0 Å². The Hall–Kier alpha value is -3.27. The summed E-state index contributed by atoms with van der Waals surface area (Å²) in [6, 6.07) is 18.7. The van der Waals surface area contributed by atoms with E-state index in [4.69, 9.17) is 27.9 Å². The number of nitrogens with one attached hydrogen (secondary N) is 1. The highest BCUT2D eigenvalue weighted by Gasteiger charge is 2.34. The Labute approximate surface area is 257 Å². The molecule has 0 bridgehead atoms. The van der Waals surface area contributed by atoms with Crippen molar-refractivity contribution in [2.75, 3.05) is 18.0 Å². The Morgan fingerprint density at radius 2 is 1.67 bits per heavy atom. The SMILES string of the molecule is COc1cccc(CN(C(=O)CN(c2cccc(Cl)c2Cl)S(=O)(=O)c2ccccc2)[C@@H](C)C(=O)NC2CCCCC2)c1. The van der Waals surface area contributed by atoms with Gasteiger partial charge in [-0.2, -0.15) is 0 Å². The number of benzene rings is 3. The van der Waals surface area contributed by atoms with Gasteiger partial charge in [0.25, 0.3) is 10.0 Å². The molecule has 0 saturated heterocycles. The van der Waals surface area contributed by atoms with E-state index in [2.05, 4.69) is 5.32 Å². The van der Waals surface area contributed by atoms with Gasteiger partial charge in [-0.25, -0.2) is 8.42 Å². The van der Waals surface area contributed by atoms with Crippen molar-refractivity contribution in [3.8, 4) is 5.75 Å². The second kappa shape index (κ2) is 14.3. The van der Waals surface area contributed by atoms with Crippen LogP contribution in [-0.4, -0.2) is 50.9 Å². The van der Waals surface area contributed by atoms with Gasteiger partial charge in [0.15, 0.2) is 0 Å². The van der Waals surface area contributed by atoms with Gasteiger partial charge in [-0.3, -0.25) is 13.9 Å². The molecule has 1 saturated carbocycles. The summed E-state index contributed by atoms with van der Waals surface area (Å²) in [5.41, 5.74) is 0.778. The van der Waals surface area contributed by atoms with Gasteiger partial charge in [0.05, 0.1) is 27.7 Å². The summed E-state index contributed by atoms with van der Waals surface area (Å²) in [4.78, 5) is 28.9. The summed E-state index contributed by atoms with van der Waals surface area (Å²) in [7, 11) is -2.71. The normalized spacial score (nSPS) is 14.6.